The first kappa shape index (κ1) is 11.9. The van der Waals surface area contributed by atoms with Crippen molar-refractivity contribution in [2.45, 2.75) is 18.9 Å². The van der Waals surface area contributed by atoms with Gasteiger partial charge < -0.3 is 15.2 Å². The first-order valence-electron chi connectivity index (χ1n) is 6.15. The number of carboxylic acids is 1. The molecule has 7 heteroatoms. The Hall–Kier alpha value is -2.15. The second-order valence-electron chi connectivity index (χ2n) is 4.52. The smallest absolute Gasteiger partial charge is 0.339 e. The summed E-state index contributed by atoms with van der Waals surface area (Å²) < 4.78 is 5.30. The van der Waals surface area contributed by atoms with Crippen LogP contribution in [0.2, 0.25) is 0 Å². The van der Waals surface area contributed by atoms with E-state index in [0.717, 1.165) is 12.8 Å². The Morgan fingerprint density at radius 3 is 2.95 bits per heavy atom. The molecule has 1 saturated heterocycles. The molecule has 0 aliphatic carbocycles. The lowest BCUT2D eigenvalue weighted by Gasteiger charge is -2.25. The maximum atomic E-state index is 11.3. The van der Waals surface area contributed by atoms with Crippen LogP contribution >= 0.6 is 0 Å². The maximum Gasteiger partial charge on any atom is 0.339 e. The summed E-state index contributed by atoms with van der Waals surface area (Å²) in [5.74, 6) is -0.995. The molecule has 1 fully saturated rings. The summed E-state index contributed by atoms with van der Waals surface area (Å²) in [7, 11) is 0. The molecule has 2 aromatic heterocycles. The zero-order chi connectivity index (χ0) is 13.2. The number of rotatable bonds is 3. The Balaban J connectivity index is 2.00. The second kappa shape index (κ2) is 4.85. The lowest BCUT2D eigenvalue weighted by Crippen LogP contribution is -2.28. The van der Waals surface area contributed by atoms with Crippen LogP contribution in [0.15, 0.2) is 12.4 Å². The van der Waals surface area contributed by atoms with E-state index in [-0.39, 0.29) is 11.6 Å². The van der Waals surface area contributed by atoms with Crippen molar-refractivity contribution in [1.82, 2.24) is 15.2 Å². The molecule has 19 heavy (non-hydrogen) atoms. The van der Waals surface area contributed by atoms with Gasteiger partial charge in [-0.05, 0) is 12.8 Å². The van der Waals surface area contributed by atoms with Gasteiger partial charge in [-0.15, -0.1) is 0 Å². The second-order valence-corrected chi connectivity index (χ2v) is 4.52. The summed E-state index contributed by atoms with van der Waals surface area (Å²) in [5, 5.41) is 19.9. The summed E-state index contributed by atoms with van der Waals surface area (Å²) in [6, 6.07) is 0.215. The Morgan fingerprint density at radius 1 is 1.42 bits per heavy atom. The van der Waals surface area contributed by atoms with Crippen LogP contribution < -0.4 is 5.32 Å². The number of aromatic nitrogens is 3. The predicted molar refractivity (Wildman–Crippen MR) is 68.3 cm³/mol. The first-order valence-corrected chi connectivity index (χ1v) is 6.15. The van der Waals surface area contributed by atoms with Crippen LogP contribution in [0.4, 0.5) is 5.69 Å². The largest absolute Gasteiger partial charge is 0.478 e. The van der Waals surface area contributed by atoms with Crippen LogP contribution in [0.3, 0.4) is 0 Å². The molecular weight excluding hydrogens is 248 g/mol. The van der Waals surface area contributed by atoms with Crippen molar-refractivity contribution in [1.29, 1.82) is 0 Å². The fourth-order valence-electron chi connectivity index (χ4n) is 2.26. The van der Waals surface area contributed by atoms with Crippen molar-refractivity contribution in [3.05, 3.63) is 18.0 Å². The number of ether oxygens (including phenoxy) is 1. The van der Waals surface area contributed by atoms with Gasteiger partial charge in [0.2, 0.25) is 0 Å². The van der Waals surface area contributed by atoms with Crippen LogP contribution in [-0.2, 0) is 4.74 Å². The summed E-state index contributed by atoms with van der Waals surface area (Å²) in [5.41, 5.74) is 1.33. The first-order chi connectivity index (χ1) is 9.25. The molecule has 7 nitrogen and oxygen atoms in total. The van der Waals surface area contributed by atoms with E-state index in [1.807, 2.05) is 0 Å². The highest BCUT2D eigenvalue weighted by atomic mass is 16.5. The zero-order valence-corrected chi connectivity index (χ0v) is 10.2. The number of hydrogen-bond acceptors (Lipinski definition) is 5. The van der Waals surface area contributed by atoms with Gasteiger partial charge in [0.05, 0.1) is 17.3 Å². The molecule has 0 atom stereocenters. The van der Waals surface area contributed by atoms with E-state index in [9.17, 15) is 9.90 Å². The lowest BCUT2D eigenvalue weighted by atomic mass is 10.1. The van der Waals surface area contributed by atoms with Gasteiger partial charge in [-0.2, -0.15) is 5.10 Å². The Kier molecular flexibility index (Phi) is 3.04. The monoisotopic (exact) mass is 262 g/mol. The number of H-pyrrole nitrogens is 1. The minimum atomic E-state index is -0.995. The molecule has 1 aliphatic heterocycles. The van der Waals surface area contributed by atoms with Crippen LogP contribution in [-0.4, -0.2) is 45.5 Å². The van der Waals surface area contributed by atoms with Crippen molar-refractivity contribution >= 4 is 22.7 Å². The van der Waals surface area contributed by atoms with E-state index in [2.05, 4.69) is 20.5 Å². The molecule has 0 radical (unpaired) electrons. The van der Waals surface area contributed by atoms with Gasteiger partial charge in [-0.1, -0.05) is 0 Å². The van der Waals surface area contributed by atoms with E-state index >= 15 is 0 Å². The molecule has 3 rings (SSSR count). The summed E-state index contributed by atoms with van der Waals surface area (Å²) in [6.45, 7) is 1.39. The highest BCUT2D eigenvalue weighted by Gasteiger charge is 2.20. The average Bonchev–Trinajstić information content (AvgIpc) is 2.88. The number of pyridine rings is 1. The molecule has 3 heterocycles. The van der Waals surface area contributed by atoms with Crippen LogP contribution in [0, 0.1) is 0 Å². The molecule has 0 bridgehead atoms. The fraction of sp³-hybridized carbons (Fsp3) is 0.417. The highest BCUT2D eigenvalue weighted by Crippen LogP contribution is 2.26. The van der Waals surface area contributed by atoms with Gasteiger partial charge in [0.1, 0.15) is 5.56 Å². The number of nitrogens with zero attached hydrogens (tertiary/aromatic N) is 2. The van der Waals surface area contributed by atoms with Crippen molar-refractivity contribution < 1.29 is 14.6 Å². The quantitative estimate of drug-likeness (QED) is 0.769. The predicted octanol–water partition coefficient (Wildman–Crippen LogP) is 1.25. The van der Waals surface area contributed by atoms with E-state index < -0.39 is 5.97 Å². The molecule has 0 amide bonds. The van der Waals surface area contributed by atoms with Crippen molar-refractivity contribution in [3.8, 4) is 0 Å². The van der Waals surface area contributed by atoms with Gasteiger partial charge in [-0.3, -0.25) is 5.10 Å². The molecule has 2 aromatic rings. The normalized spacial score (nSPS) is 16.6. The van der Waals surface area contributed by atoms with E-state index in [1.54, 1.807) is 6.20 Å². The Morgan fingerprint density at radius 2 is 2.21 bits per heavy atom. The Bertz CT molecular complexity index is 604. The zero-order valence-electron chi connectivity index (χ0n) is 10.2. The standard InChI is InChI=1S/C12H14N4O3/c17-12(18)9-5-13-11-8(6-14-16-11)10(9)15-7-1-3-19-4-2-7/h5-7H,1-4H2,(H,17,18)(H2,13,14,15,16). The van der Waals surface area contributed by atoms with Crippen molar-refractivity contribution in [2.24, 2.45) is 0 Å². The number of aromatic amines is 1. The van der Waals surface area contributed by atoms with Crippen molar-refractivity contribution in [2.75, 3.05) is 18.5 Å². The number of hydrogen-bond donors (Lipinski definition) is 3. The third-order valence-electron chi connectivity index (χ3n) is 3.28. The summed E-state index contributed by atoms with van der Waals surface area (Å²) in [4.78, 5) is 15.3. The number of aromatic carboxylic acids is 1. The van der Waals surface area contributed by atoms with E-state index in [1.165, 1.54) is 6.20 Å². The average molecular weight is 262 g/mol. The number of anilines is 1. The third kappa shape index (κ3) is 2.24. The van der Waals surface area contributed by atoms with E-state index in [4.69, 9.17) is 4.74 Å². The highest BCUT2D eigenvalue weighted by molar-refractivity contribution is 6.03. The van der Waals surface area contributed by atoms with E-state index in [0.29, 0.717) is 29.9 Å². The van der Waals surface area contributed by atoms with Gasteiger partial charge >= 0.3 is 5.97 Å². The molecule has 0 aromatic carbocycles. The van der Waals surface area contributed by atoms with Crippen molar-refractivity contribution in [3.63, 3.8) is 0 Å². The molecule has 0 unspecified atom stereocenters. The third-order valence-corrected chi connectivity index (χ3v) is 3.28. The SMILES string of the molecule is O=C(O)c1cnc2[nH]ncc2c1NC1CCOCC1. The maximum absolute atomic E-state index is 11.3. The molecule has 3 N–H and O–H groups in total. The minimum Gasteiger partial charge on any atom is -0.478 e. The van der Waals surface area contributed by atoms with Gasteiger partial charge in [0.25, 0.3) is 0 Å². The Labute approximate surface area is 109 Å². The van der Waals surface area contributed by atoms with Crippen LogP contribution in [0.25, 0.3) is 11.0 Å². The molecular formula is C12H14N4O3. The molecule has 1 aliphatic rings. The fourth-order valence-corrected chi connectivity index (χ4v) is 2.26. The molecule has 0 saturated carbocycles. The summed E-state index contributed by atoms with van der Waals surface area (Å²) >= 11 is 0. The van der Waals surface area contributed by atoms with Gasteiger partial charge in [-0.25, -0.2) is 9.78 Å². The van der Waals surface area contributed by atoms with Crippen LogP contribution in [0.1, 0.15) is 23.2 Å². The topological polar surface area (TPSA) is 100 Å². The summed E-state index contributed by atoms with van der Waals surface area (Å²) in [6.07, 6.45) is 4.67. The number of nitrogens with one attached hydrogen (secondary N) is 2. The number of carboxylic acid groups (broad SMARTS) is 1. The van der Waals surface area contributed by atoms with Crippen LogP contribution in [0.5, 0.6) is 0 Å². The number of carbonyl (C=O) groups is 1. The number of fused-ring (bicyclic) bond motifs is 1. The lowest BCUT2D eigenvalue weighted by molar-refractivity contribution is 0.0697. The molecule has 0 spiro atoms. The van der Waals surface area contributed by atoms with Gasteiger partial charge in [0.15, 0.2) is 5.65 Å². The molecule has 100 valence electrons. The minimum absolute atomic E-state index is 0.167. The van der Waals surface area contributed by atoms with Gasteiger partial charge in [0, 0.05) is 25.5 Å².